The third kappa shape index (κ3) is 4.12. The normalized spacial score (nSPS) is 10.6. The van der Waals surface area contributed by atoms with Gasteiger partial charge in [-0.05, 0) is 43.2 Å². The molecule has 0 atom stereocenters. The lowest BCUT2D eigenvalue weighted by Crippen LogP contribution is -2.15. The zero-order valence-electron chi connectivity index (χ0n) is 13.8. The van der Waals surface area contributed by atoms with Gasteiger partial charge in [0.2, 0.25) is 0 Å². The smallest absolute Gasteiger partial charge is 0.256 e. The summed E-state index contributed by atoms with van der Waals surface area (Å²) in [7, 11) is 0. The van der Waals surface area contributed by atoms with Crippen LogP contribution in [0.2, 0.25) is 0 Å². The number of hydrogen-bond acceptors (Lipinski definition) is 3. The molecule has 126 valence electrons. The fourth-order valence-corrected chi connectivity index (χ4v) is 3.04. The minimum atomic E-state index is -0.210. The van der Waals surface area contributed by atoms with Crippen LogP contribution in [-0.4, -0.2) is 16.7 Å². The van der Waals surface area contributed by atoms with E-state index in [-0.39, 0.29) is 11.7 Å². The first-order valence-corrected chi connectivity index (χ1v) is 8.77. The number of anilines is 1. The molecule has 0 radical (unpaired) electrons. The fourth-order valence-electron chi connectivity index (χ4n) is 2.68. The number of carbonyl (C=O) groups is 2. The second-order valence-corrected chi connectivity index (χ2v) is 6.75. The van der Waals surface area contributed by atoms with Gasteiger partial charge in [0, 0.05) is 28.0 Å². The lowest BCUT2D eigenvalue weighted by Gasteiger charge is -2.12. The predicted octanol–water partition coefficient (Wildman–Crippen LogP) is 4.77. The number of nitrogens with one attached hydrogen (secondary N) is 1. The molecule has 5 heteroatoms. The van der Waals surface area contributed by atoms with Crippen molar-refractivity contribution in [3.05, 3.63) is 70.3 Å². The molecule has 0 aliphatic rings. The fraction of sp³-hybridized carbons (Fsp3) is 0.150. The Morgan fingerprint density at radius 2 is 1.92 bits per heavy atom. The van der Waals surface area contributed by atoms with E-state index >= 15 is 0 Å². The van der Waals surface area contributed by atoms with E-state index in [9.17, 15) is 9.59 Å². The van der Waals surface area contributed by atoms with Crippen molar-refractivity contribution in [1.82, 2.24) is 4.98 Å². The molecule has 1 N–H and O–H groups in total. The molecule has 0 saturated heterocycles. The first-order chi connectivity index (χ1) is 12.0. The van der Waals surface area contributed by atoms with E-state index < -0.39 is 0 Å². The number of halogens is 1. The Bertz CT molecular complexity index is 948. The van der Waals surface area contributed by atoms with Gasteiger partial charge in [-0.2, -0.15) is 0 Å². The molecule has 0 unspecified atom stereocenters. The van der Waals surface area contributed by atoms with Gasteiger partial charge in [0.05, 0.1) is 11.2 Å². The molecule has 2 aromatic carbocycles. The highest BCUT2D eigenvalue weighted by atomic mass is 79.9. The molecular weight excluding hydrogens is 380 g/mol. The van der Waals surface area contributed by atoms with Crippen LogP contribution in [-0.2, 0) is 11.2 Å². The van der Waals surface area contributed by atoms with Gasteiger partial charge in [-0.15, -0.1) is 0 Å². The van der Waals surface area contributed by atoms with Crippen molar-refractivity contribution in [3.63, 3.8) is 0 Å². The molecular formula is C20H17BrN2O2. The van der Waals surface area contributed by atoms with Crippen molar-refractivity contribution in [2.24, 2.45) is 0 Å². The summed E-state index contributed by atoms with van der Waals surface area (Å²) in [6.45, 7) is 1.56. The van der Waals surface area contributed by atoms with Gasteiger partial charge in [-0.1, -0.05) is 40.2 Å². The van der Waals surface area contributed by atoms with Crippen LogP contribution in [0.1, 0.15) is 29.3 Å². The maximum Gasteiger partial charge on any atom is 0.256 e. The quantitative estimate of drug-likeness (QED) is 0.675. The van der Waals surface area contributed by atoms with Gasteiger partial charge in [0.25, 0.3) is 5.91 Å². The molecule has 0 saturated carbocycles. The highest BCUT2D eigenvalue weighted by molar-refractivity contribution is 9.10. The highest BCUT2D eigenvalue weighted by Crippen LogP contribution is 2.23. The Hall–Kier alpha value is -2.53. The number of para-hydroxylation sites is 1. The molecule has 3 rings (SSSR count). The Morgan fingerprint density at radius 1 is 1.12 bits per heavy atom. The minimum Gasteiger partial charge on any atom is -0.320 e. The molecule has 3 aromatic rings. The van der Waals surface area contributed by atoms with Crippen molar-refractivity contribution < 1.29 is 9.59 Å². The van der Waals surface area contributed by atoms with Gasteiger partial charge >= 0.3 is 0 Å². The van der Waals surface area contributed by atoms with Crippen LogP contribution in [0, 0.1) is 0 Å². The number of amides is 1. The number of pyridine rings is 1. The number of fused-ring (bicyclic) bond motifs is 1. The number of hydrogen-bond donors (Lipinski definition) is 1. The Morgan fingerprint density at radius 3 is 2.72 bits per heavy atom. The SMILES string of the molecule is CC(=O)CCc1ccc(Br)cc1C(=O)Nc1cccc2cccnc12. The third-order valence-electron chi connectivity index (χ3n) is 3.94. The third-order valence-corrected chi connectivity index (χ3v) is 4.44. The van der Waals surface area contributed by atoms with Crippen LogP contribution in [0.15, 0.2) is 59.2 Å². The van der Waals surface area contributed by atoms with E-state index in [0.717, 1.165) is 20.9 Å². The molecule has 25 heavy (non-hydrogen) atoms. The summed E-state index contributed by atoms with van der Waals surface area (Å²) < 4.78 is 0.820. The number of rotatable bonds is 5. The van der Waals surface area contributed by atoms with Crippen molar-refractivity contribution >= 4 is 44.2 Å². The molecule has 1 aromatic heterocycles. The summed E-state index contributed by atoms with van der Waals surface area (Å²) in [5, 5.41) is 3.91. The topological polar surface area (TPSA) is 59.1 Å². The van der Waals surface area contributed by atoms with E-state index in [1.807, 2.05) is 42.5 Å². The van der Waals surface area contributed by atoms with Crippen LogP contribution >= 0.6 is 15.9 Å². The second kappa shape index (κ2) is 7.57. The first-order valence-electron chi connectivity index (χ1n) is 7.97. The summed E-state index contributed by atoms with van der Waals surface area (Å²) in [6.07, 6.45) is 2.66. The number of carbonyl (C=O) groups excluding carboxylic acids is 2. The summed E-state index contributed by atoms with van der Waals surface area (Å²) in [5.41, 5.74) is 2.83. The van der Waals surface area contributed by atoms with Crippen molar-refractivity contribution in [3.8, 4) is 0 Å². The lowest BCUT2D eigenvalue weighted by molar-refractivity contribution is -0.116. The van der Waals surface area contributed by atoms with E-state index in [1.54, 1.807) is 19.2 Å². The number of ketones is 1. The summed E-state index contributed by atoms with van der Waals surface area (Å²) in [5.74, 6) is -0.106. The molecule has 0 aliphatic heterocycles. The standard InChI is InChI=1S/C20H17BrN2O2/c1-13(24)7-8-14-9-10-16(21)12-17(14)20(25)23-18-6-2-4-15-5-3-11-22-19(15)18/h2-6,9-12H,7-8H2,1H3,(H,23,25). The van der Waals surface area contributed by atoms with Crippen molar-refractivity contribution in [1.29, 1.82) is 0 Å². The average molecular weight is 397 g/mol. The van der Waals surface area contributed by atoms with Crippen LogP contribution in [0.3, 0.4) is 0 Å². The van der Waals surface area contributed by atoms with Crippen molar-refractivity contribution in [2.45, 2.75) is 19.8 Å². The van der Waals surface area contributed by atoms with E-state index in [1.165, 1.54) is 0 Å². The van der Waals surface area contributed by atoms with Gasteiger partial charge in [-0.25, -0.2) is 0 Å². The Kier molecular flexibility index (Phi) is 5.24. The van der Waals surface area contributed by atoms with E-state index in [0.29, 0.717) is 24.1 Å². The largest absolute Gasteiger partial charge is 0.320 e. The summed E-state index contributed by atoms with van der Waals surface area (Å²) in [4.78, 5) is 28.5. The molecule has 0 spiro atoms. The number of Topliss-reactive ketones (excluding diaryl/α,β-unsaturated/α-hetero) is 1. The monoisotopic (exact) mass is 396 g/mol. The van der Waals surface area contributed by atoms with E-state index in [2.05, 4.69) is 26.2 Å². The van der Waals surface area contributed by atoms with E-state index in [4.69, 9.17) is 0 Å². The van der Waals surface area contributed by atoms with Gasteiger partial charge in [0.1, 0.15) is 5.78 Å². The highest BCUT2D eigenvalue weighted by Gasteiger charge is 2.14. The van der Waals surface area contributed by atoms with Gasteiger partial charge in [-0.3, -0.25) is 9.78 Å². The average Bonchev–Trinajstić information content (AvgIpc) is 2.60. The maximum atomic E-state index is 12.8. The molecule has 0 aliphatic carbocycles. The zero-order valence-corrected chi connectivity index (χ0v) is 15.3. The van der Waals surface area contributed by atoms with Crippen LogP contribution in [0.25, 0.3) is 10.9 Å². The molecule has 0 fully saturated rings. The van der Waals surface area contributed by atoms with Crippen LogP contribution in [0.5, 0.6) is 0 Å². The summed E-state index contributed by atoms with van der Waals surface area (Å²) >= 11 is 3.41. The number of aromatic nitrogens is 1. The Balaban J connectivity index is 1.92. The Labute approximate surface area is 154 Å². The lowest BCUT2D eigenvalue weighted by atomic mass is 10.0. The number of aryl methyl sites for hydroxylation is 1. The predicted molar refractivity (Wildman–Crippen MR) is 103 cm³/mol. The van der Waals surface area contributed by atoms with Crippen LogP contribution < -0.4 is 5.32 Å². The molecule has 1 amide bonds. The number of benzene rings is 2. The molecule has 1 heterocycles. The zero-order chi connectivity index (χ0) is 17.8. The van der Waals surface area contributed by atoms with Crippen molar-refractivity contribution in [2.75, 3.05) is 5.32 Å². The minimum absolute atomic E-state index is 0.104. The van der Waals surface area contributed by atoms with Gasteiger partial charge < -0.3 is 10.1 Å². The maximum absolute atomic E-state index is 12.8. The molecule has 0 bridgehead atoms. The van der Waals surface area contributed by atoms with Crippen LogP contribution in [0.4, 0.5) is 5.69 Å². The summed E-state index contributed by atoms with van der Waals surface area (Å²) in [6, 6.07) is 15.0. The first kappa shape index (κ1) is 17.3. The van der Waals surface area contributed by atoms with Gasteiger partial charge in [0.15, 0.2) is 0 Å². The second-order valence-electron chi connectivity index (χ2n) is 5.84. The molecule has 4 nitrogen and oxygen atoms in total. The number of nitrogens with zero attached hydrogens (tertiary/aromatic N) is 1.